The highest BCUT2D eigenvalue weighted by molar-refractivity contribution is 8.00. The van der Waals surface area contributed by atoms with Crippen LogP contribution in [0.15, 0.2) is 47.5 Å². The summed E-state index contributed by atoms with van der Waals surface area (Å²) in [6.45, 7) is 8.23. The van der Waals surface area contributed by atoms with Crippen molar-refractivity contribution in [3.05, 3.63) is 59.4 Å². The number of rotatable bonds is 8. The Labute approximate surface area is 204 Å². The number of carbonyl (C=O) groups is 1. The Morgan fingerprint density at radius 2 is 1.88 bits per heavy atom. The number of hydrogen-bond acceptors (Lipinski definition) is 7. The number of aromatic nitrogens is 2. The molecule has 0 radical (unpaired) electrons. The van der Waals surface area contributed by atoms with E-state index in [0.29, 0.717) is 13.1 Å². The fourth-order valence-corrected chi connectivity index (χ4v) is 5.02. The van der Waals surface area contributed by atoms with Crippen LogP contribution < -0.4 is 4.90 Å². The molecule has 0 bridgehead atoms. The van der Waals surface area contributed by atoms with E-state index in [0.717, 1.165) is 64.9 Å². The first-order valence-corrected chi connectivity index (χ1v) is 12.5. The summed E-state index contributed by atoms with van der Waals surface area (Å²) in [5, 5.41) is 10.9. The fourth-order valence-electron chi connectivity index (χ4n) is 4.11. The van der Waals surface area contributed by atoms with E-state index in [9.17, 15) is 4.79 Å². The first-order chi connectivity index (χ1) is 16.5. The average Bonchev–Trinajstić information content (AvgIpc) is 2.83. The van der Waals surface area contributed by atoms with Gasteiger partial charge in [0.1, 0.15) is 10.9 Å². The summed E-state index contributed by atoms with van der Waals surface area (Å²) < 4.78 is 5.45. The molecule has 4 rings (SSSR count). The van der Waals surface area contributed by atoms with Crippen LogP contribution in [0.4, 0.5) is 5.69 Å². The molecule has 1 aliphatic heterocycles. The van der Waals surface area contributed by atoms with Crippen molar-refractivity contribution in [2.24, 2.45) is 0 Å². The molecule has 0 aliphatic carbocycles. The van der Waals surface area contributed by atoms with E-state index in [2.05, 4.69) is 17.0 Å². The predicted molar refractivity (Wildman–Crippen MR) is 135 cm³/mol. The minimum atomic E-state index is -0.0392. The molecule has 176 valence electrons. The highest BCUT2D eigenvalue weighted by Crippen LogP contribution is 2.27. The van der Waals surface area contributed by atoms with Gasteiger partial charge in [0.15, 0.2) is 0 Å². The van der Waals surface area contributed by atoms with Crippen molar-refractivity contribution in [3.8, 4) is 6.07 Å². The minimum Gasteiger partial charge on any atom is -0.379 e. The van der Waals surface area contributed by atoms with E-state index in [1.807, 2.05) is 50.2 Å². The zero-order valence-electron chi connectivity index (χ0n) is 19.7. The first-order valence-electron chi connectivity index (χ1n) is 11.5. The summed E-state index contributed by atoms with van der Waals surface area (Å²) in [6.07, 6.45) is 0.281. The number of morpholine rings is 1. The largest absolute Gasteiger partial charge is 0.379 e. The number of benzene rings is 2. The second-order valence-electron chi connectivity index (χ2n) is 8.44. The van der Waals surface area contributed by atoms with Crippen LogP contribution in [0.1, 0.15) is 23.4 Å². The zero-order valence-corrected chi connectivity index (χ0v) is 20.5. The summed E-state index contributed by atoms with van der Waals surface area (Å²) in [6, 6.07) is 16.1. The van der Waals surface area contributed by atoms with Gasteiger partial charge in [0.25, 0.3) is 0 Å². The maximum atomic E-state index is 13.3. The van der Waals surface area contributed by atoms with Gasteiger partial charge in [0.05, 0.1) is 43.5 Å². The molecule has 0 atom stereocenters. The molecular formula is C26H29N5O2S. The van der Waals surface area contributed by atoms with E-state index >= 15 is 0 Å². The number of amides is 1. The first kappa shape index (κ1) is 24.1. The molecule has 8 heteroatoms. The molecule has 0 spiro atoms. The number of carbonyl (C=O) groups excluding carboxylic acids is 1. The number of nitrogens with zero attached hydrogens (tertiary/aromatic N) is 5. The summed E-state index contributed by atoms with van der Waals surface area (Å²) >= 11 is 1.43. The lowest BCUT2D eigenvalue weighted by Gasteiger charge is -2.26. The van der Waals surface area contributed by atoms with Crippen LogP contribution in [0.3, 0.4) is 0 Å². The van der Waals surface area contributed by atoms with Gasteiger partial charge in [-0.25, -0.2) is 9.97 Å². The van der Waals surface area contributed by atoms with Crippen LogP contribution in [-0.4, -0.2) is 59.4 Å². The van der Waals surface area contributed by atoms with Gasteiger partial charge in [0, 0.05) is 30.7 Å². The monoisotopic (exact) mass is 475 g/mol. The average molecular weight is 476 g/mol. The van der Waals surface area contributed by atoms with Crippen LogP contribution >= 0.6 is 11.8 Å². The third kappa shape index (κ3) is 6.11. The topological polar surface area (TPSA) is 82.4 Å². The normalized spacial score (nSPS) is 14.1. The third-order valence-electron chi connectivity index (χ3n) is 5.68. The molecule has 7 nitrogen and oxygen atoms in total. The van der Waals surface area contributed by atoms with Crippen LogP contribution in [0.5, 0.6) is 0 Å². The highest BCUT2D eigenvalue weighted by Gasteiger charge is 2.19. The van der Waals surface area contributed by atoms with Gasteiger partial charge in [0.2, 0.25) is 5.91 Å². The van der Waals surface area contributed by atoms with Gasteiger partial charge < -0.3 is 9.64 Å². The second-order valence-corrected chi connectivity index (χ2v) is 9.40. The number of nitriles is 1. The van der Waals surface area contributed by atoms with Gasteiger partial charge in [-0.3, -0.25) is 9.69 Å². The molecule has 34 heavy (non-hydrogen) atoms. The van der Waals surface area contributed by atoms with Gasteiger partial charge >= 0.3 is 0 Å². The number of anilines is 1. The van der Waals surface area contributed by atoms with E-state index in [4.69, 9.17) is 20.0 Å². The quantitative estimate of drug-likeness (QED) is 0.358. The number of ether oxygens (including phenoxy) is 1. The maximum absolute atomic E-state index is 13.3. The maximum Gasteiger partial charge on any atom is 0.237 e. The molecule has 0 N–H and O–H groups in total. The van der Waals surface area contributed by atoms with Crippen molar-refractivity contribution < 1.29 is 9.53 Å². The van der Waals surface area contributed by atoms with Crippen molar-refractivity contribution >= 4 is 34.3 Å². The Bertz CT molecular complexity index is 1180. The van der Waals surface area contributed by atoms with Crippen molar-refractivity contribution in [1.82, 2.24) is 14.9 Å². The Kier molecular flexibility index (Phi) is 8.12. The van der Waals surface area contributed by atoms with Crippen LogP contribution in [-0.2, 0) is 16.1 Å². The zero-order chi connectivity index (χ0) is 23.9. The Hall–Kier alpha value is -2.99. The van der Waals surface area contributed by atoms with Crippen LogP contribution in [0.25, 0.3) is 10.9 Å². The summed E-state index contributed by atoms with van der Waals surface area (Å²) in [5.41, 5.74) is 3.89. The number of para-hydroxylation sites is 1. The number of hydrogen-bond donors (Lipinski definition) is 0. The number of aryl methyl sites for hydroxylation is 2. The lowest BCUT2D eigenvalue weighted by Crippen LogP contribution is -2.36. The summed E-state index contributed by atoms with van der Waals surface area (Å²) in [5.74, 6) is 0.949. The Morgan fingerprint density at radius 1 is 1.15 bits per heavy atom. The van der Waals surface area contributed by atoms with Gasteiger partial charge in [-0.05, 0) is 43.2 Å². The second kappa shape index (κ2) is 11.4. The van der Waals surface area contributed by atoms with Crippen molar-refractivity contribution in [2.75, 3.05) is 43.5 Å². The van der Waals surface area contributed by atoms with E-state index < -0.39 is 0 Å². The van der Waals surface area contributed by atoms with E-state index in [-0.39, 0.29) is 18.1 Å². The molecule has 0 unspecified atom stereocenters. The van der Waals surface area contributed by atoms with Gasteiger partial charge in [-0.1, -0.05) is 36.0 Å². The SMILES string of the molecule is Cc1cc(C)cc(N(CCC#N)C(=O)CSc2nc(CN3CCOCC3)nc3ccccc23)c1. The summed E-state index contributed by atoms with van der Waals surface area (Å²) in [4.78, 5) is 26.9. The van der Waals surface area contributed by atoms with E-state index in [1.165, 1.54) is 11.8 Å². The van der Waals surface area contributed by atoms with E-state index in [1.54, 1.807) is 4.90 Å². The molecule has 0 saturated carbocycles. The third-order valence-corrected chi connectivity index (χ3v) is 6.66. The van der Waals surface area contributed by atoms with Crippen molar-refractivity contribution in [2.45, 2.75) is 31.8 Å². The number of thioether (sulfide) groups is 1. The Morgan fingerprint density at radius 3 is 2.62 bits per heavy atom. The molecular weight excluding hydrogens is 446 g/mol. The predicted octanol–water partition coefficient (Wildman–Crippen LogP) is 4.12. The molecule has 1 aliphatic rings. The molecule has 1 amide bonds. The van der Waals surface area contributed by atoms with Gasteiger partial charge in [-0.2, -0.15) is 5.26 Å². The smallest absolute Gasteiger partial charge is 0.237 e. The minimum absolute atomic E-state index is 0.0392. The van der Waals surface area contributed by atoms with Crippen molar-refractivity contribution in [1.29, 1.82) is 5.26 Å². The lowest BCUT2D eigenvalue weighted by atomic mass is 10.1. The molecule has 1 fully saturated rings. The van der Waals surface area contributed by atoms with Crippen LogP contribution in [0, 0.1) is 25.2 Å². The molecule has 1 aromatic heterocycles. The highest BCUT2D eigenvalue weighted by atomic mass is 32.2. The summed E-state index contributed by atoms with van der Waals surface area (Å²) in [7, 11) is 0. The molecule has 1 saturated heterocycles. The molecule has 2 heterocycles. The van der Waals surface area contributed by atoms with Gasteiger partial charge in [-0.15, -0.1) is 0 Å². The standard InChI is InChI=1S/C26H29N5O2S/c1-19-14-20(2)16-21(15-19)31(9-5-8-27)25(32)18-34-26-22-6-3-4-7-23(22)28-24(29-26)17-30-10-12-33-13-11-30/h3-4,6-7,14-16H,5,9-13,17-18H2,1-2H3. The fraction of sp³-hybridized carbons (Fsp3) is 0.385. The number of fused-ring (bicyclic) bond motifs is 1. The van der Waals surface area contributed by atoms with Crippen molar-refractivity contribution in [3.63, 3.8) is 0 Å². The lowest BCUT2D eigenvalue weighted by molar-refractivity contribution is -0.116. The van der Waals surface area contributed by atoms with Crippen LogP contribution in [0.2, 0.25) is 0 Å². The molecule has 2 aromatic carbocycles. The Balaban J connectivity index is 1.55. The molecule has 3 aromatic rings.